The van der Waals surface area contributed by atoms with E-state index in [9.17, 15) is 0 Å². The largest absolute Gasteiger partial charge is 0.0916 e. The molecule has 0 radical (unpaired) electrons. The normalized spacial score (nSPS) is 19.0. The van der Waals surface area contributed by atoms with Crippen molar-refractivity contribution >= 4 is 0 Å². The van der Waals surface area contributed by atoms with Gasteiger partial charge in [-0.2, -0.15) is 0 Å². The fourth-order valence-electron chi connectivity index (χ4n) is 0.529. The van der Waals surface area contributed by atoms with Gasteiger partial charge >= 0.3 is 0 Å². The van der Waals surface area contributed by atoms with Gasteiger partial charge in [0, 0.05) is 0 Å². The van der Waals surface area contributed by atoms with E-state index >= 15 is 0 Å². The van der Waals surface area contributed by atoms with Crippen LogP contribution in [0.1, 0.15) is 13.3 Å². The van der Waals surface area contributed by atoms with Gasteiger partial charge in [-0.25, -0.2) is 0 Å². The van der Waals surface area contributed by atoms with E-state index in [1.807, 2.05) is 0 Å². The Labute approximate surface area is 44.5 Å². The Morgan fingerprint density at radius 2 is 2.29 bits per heavy atom. The maximum Gasteiger partial charge on any atom is -0.00185 e. The van der Waals surface area contributed by atoms with Crippen LogP contribution in [0.25, 0.3) is 0 Å². The molecule has 1 aliphatic rings. The molecule has 1 aliphatic carbocycles. The molecule has 0 heteroatoms. The lowest BCUT2D eigenvalue weighted by Crippen LogP contribution is -1.68. The molecule has 0 heterocycles. The number of allylic oxidation sites excluding steroid dienone is 4. The fourth-order valence-corrected chi connectivity index (χ4v) is 0.529. The second kappa shape index (κ2) is 1.97. The number of hydrogen-bond donors (Lipinski definition) is 0. The zero-order valence-electron chi connectivity index (χ0n) is 4.59. The molecular weight excluding hydrogens is 84.1 g/mol. The van der Waals surface area contributed by atoms with Gasteiger partial charge in [0.15, 0.2) is 0 Å². The highest BCUT2D eigenvalue weighted by Crippen LogP contribution is 2.19. The van der Waals surface area contributed by atoms with E-state index in [2.05, 4.69) is 31.2 Å². The lowest BCUT2D eigenvalue weighted by Gasteiger charge is -1.81. The summed E-state index contributed by atoms with van der Waals surface area (Å²) >= 11 is 0. The summed E-state index contributed by atoms with van der Waals surface area (Å²) in [5.74, 6) is 0.816. The summed E-state index contributed by atoms with van der Waals surface area (Å²) in [7, 11) is 0. The lowest BCUT2D eigenvalue weighted by atomic mass is 10.2. The van der Waals surface area contributed by atoms with E-state index in [-0.39, 0.29) is 0 Å². The average molecular weight is 94.2 g/mol. The minimum absolute atomic E-state index is 0.816. The third-order valence-electron chi connectivity index (χ3n) is 1.11. The van der Waals surface area contributed by atoms with E-state index in [1.165, 1.54) is 6.42 Å². The minimum atomic E-state index is 0.816. The smallest absolute Gasteiger partial charge is 0.00185 e. The zero-order chi connectivity index (χ0) is 5.11. The SMILES string of the molecule is CC=CCC1C=C1. The summed E-state index contributed by atoms with van der Waals surface area (Å²) in [5, 5.41) is 0. The first-order valence-corrected chi connectivity index (χ1v) is 2.73. The summed E-state index contributed by atoms with van der Waals surface area (Å²) < 4.78 is 0. The molecule has 0 fully saturated rings. The molecule has 0 unspecified atom stereocenters. The molecule has 1 rings (SSSR count). The minimum Gasteiger partial charge on any atom is -0.0916 e. The van der Waals surface area contributed by atoms with Crippen molar-refractivity contribution in [3.05, 3.63) is 24.3 Å². The Bertz CT molecular complexity index is 92.6. The molecule has 0 spiro atoms. The van der Waals surface area contributed by atoms with Gasteiger partial charge in [-0.3, -0.25) is 0 Å². The molecule has 0 aromatic heterocycles. The van der Waals surface area contributed by atoms with Crippen LogP contribution < -0.4 is 0 Å². The van der Waals surface area contributed by atoms with Crippen molar-refractivity contribution < 1.29 is 0 Å². The van der Waals surface area contributed by atoms with Crippen molar-refractivity contribution in [2.24, 2.45) is 5.92 Å². The Morgan fingerprint density at radius 3 is 2.71 bits per heavy atom. The van der Waals surface area contributed by atoms with Crippen LogP contribution in [0.5, 0.6) is 0 Å². The van der Waals surface area contributed by atoms with Gasteiger partial charge in [-0.05, 0) is 19.3 Å². The first-order chi connectivity index (χ1) is 3.43. The van der Waals surface area contributed by atoms with Crippen LogP contribution in [0.15, 0.2) is 24.3 Å². The molecule has 0 aromatic carbocycles. The van der Waals surface area contributed by atoms with Gasteiger partial charge in [0.2, 0.25) is 0 Å². The van der Waals surface area contributed by atoms with Gasteiger partial charge in [-0.1, -0.05) is 24.3 Å². The standard InChI is InChI=1S/C7H10/c1-2-3-4-7-5-6-7/h2-3,5-7H,4H2,1H3. The quantitative estimate of drug-likeness (QED) is 0.460. The Balaban J connectivity index is 2.00. The predicted molar refractivity (Wildman–Crippen MR) is 32.1 cm³/mol. The topological polar surface area (TPSA) is 0 Å². The van der Waals surface area contributed by atoms with Crippen LogP contribution >= 0.6 is 0 Å². The first-order valence-electron chi connectivity index (χ1n) is 2.73. The van der Waals surface area contributed by atoms with Crippen molar-refractivity contribution in [3.63, 3.8) is 0 Å². The predicted octanol–water partition coefficient (Wildman–Crippen LogP) is 2.14. The van der Waals surface area contributed by atoms with Crippen LogP contribution in [0.2, 0.25) is 0 Å². The first kappa shape index (κ1) is 4.63. The third-order valence-corrected chi connectivity index (χ3v) is 1.11. The van der Waals surface area contributed by atoms with Gasteiger partial charge in [-0.15, -0.1) is 0 Å². The average Bonchev–Trinajstić information content (AvgIpc) is 2.42. The highest BCUT2D eigenvalue weighted by Gasteiger charge is 2.05. The van der Waals surface area contributed by atoms with Crippen LogP contribution in [0.4, 0.5) is 0 Å². The van der Waals surface area contributed by atoms with E-state index < -0.39 is 0 Å². The molecule has 0 N–H and O–H groups in total. The Hall–Kier alpha value is -0.520. The molecule has 0 atom stereocenters. The summed E-state index contributed by atoms with van der Waals surface area (Å²) in [5.41, 5.74) is 0. The number of hydrogen-bond acceptors (Lipinski definition) is 0. The van der Waals surface area contributed by atoms with Gasteiger partial charge in [0.1, 0.15) is 0 Å². The van der Waals surface area contributed by atoms with E-state index in [1.54, 1.807) is 0 Å². The Morgan fingerprint density at radius 1 is 1.57 bits per heavy atom. The highest BCUT2D eigenvalue weighted by molar-refractivity contribution is 5.15. The summed E-state index contributed by atoms with van der Waals surface area (Å²) in [6.45, 7) is 2.06. The van der Waals surface area contributed by atoms with Crippen LogP contribution in [-0.2, 0) is 0 Å². The second-order valence-corrected chi connectivity index (χ2v) is 1.85. The van der Waals surface area contributed by atoms with Crippen molar-refractivity contribution in [3.8, 4) is 0 Å². The zero-order valence-corrected chi connectivity index (χ0v) is 4.59. The van der Waals surface area contributed by atoms with Crippen molar-refractivity contribution in [2.75, 3.05) is 0 Å². The molecule has 38 valence electrons. The molecule has 0 saturated carbocycles. The van der Waals surface area contributed by atoms with Gasteiger partial charge in [0.25, 0.3) is 0 Å². The fraction of sp³-hybridized carbons (Fsp3) is 0.429. The highest BCUT2D eigenvalue weighted by atomic mass is 14.1. The maximum atomic E-state index is 2.22. The molecule has 0 saturated heterocycles. The molecule has 0 amide bonds. The summed E-state index contributed by atoms with van der Waals surface area (Å²) in [6.07, 6.45) is 9.96. The molecule has 0 nitrogen and oxygen atoms in total. The lowest BCUT2D eigenvalue weighted by molar-refractivity contribution is 0.940. The monoisotopic (exact) mass is 94.1 g/mol. The van der Waals surface area contributed by atoms with Crippen LogP contribution in [0.3, 0.4) is 0 Å². The van der Waals surface area contributed by atoms with Gasteiger partial charge in [0.05, 0.1) is 0 Å². The van der Waals surface area contributed by atoms with Gasteiger partial charge < -0.3 is 0 Å². The molecule has 0 aromatic rings. The van der Waals surface area contributed by atoms with Crippen LogP contribution in [-0.4, -0.2) is 0 Å². The molecular formula is C7H10. The van der Waals surface area contributed by atoms with E-state index in [0.717, 1.165) is 5.92 Å². The second-order valence-electron chi connectivity index (χ2n) is 1.85. The summed E-state index contributed by atoms with van der Waals surface area (Å²) in [6, 6.07) is 0. The summed E-state index contributed by atoms with van der Waals surface area (Å²) in [4.78, 5) is 0. The van der Waals surface area contributed by atoms with E-state index in [4.69, 9.17) is 0 Å². The molecule has 7 heavy (non-hydrogen) atoms. The maximum absolute atomic E-state index is 2.22. The van der Waals surface area contributed by atoms with Crippen LogP contribution in [0, 0.1) is 5.92 Å². The van der Waals surface area contributed by atoms with Crippen molar-refractivity contribution in [2.45, 2.75) is 13.3 Å². The number of rotatable bonds is 2. The van der Waals surface area contributed by atoms with Crippen molar-refractivity contribution in [1.82, 2.24) is 0 Å². The Kier molecular flexibility index (Phi) is 1.30. The van der Waals surface area contributed by atoms with E-state index in [0.29, 0.717) is 0 Å². The third kappa shape index (κ3) is 1.58. The molecule has 0 aliphatic heterocycles. The molecule has 0 bridgehead atoms. The van der Waals surface area contributed by atoms with Crippen molar-refractivity contribution in [1.29, 1.82) is 0 Å².